The van der Waals surface area contributed by atoms with Crippen molar-refractivity contribution in [1.82, 2.24) is 0 Å². The van der Waals surface area contributed by atoms with E-state index in [1.165, 1.54) is 36.4 Å². The highest BCUT2D eigenvalue weighted by molar-refractivity contribution is 6.31. The SMILES string of the molecule is NC(=O)Nc1ccc(NC(=O)c2ccc(Cl)cc2[N+](=O)[O-])cc1. The molecule has 0 unspecified atom stereocenters. The Morgan fingerprint density at radius 1 is 1.04 bits per heavy atom. The van der Waals surface area contributed by atoms with Gasteiger partial charge in [-0.25, -0.2) is 4.79 Å². The number of carbonyl (C=O) groups excluding carboxylic acids is 2. The molecular weight excluding hydrogens is 324 g/mol. The van der Waals surface area contributed by atoms with Gasteiger partial charge in [0.2, 0.25) is 0 Å². The quantitative estimate of drug-likeness (QED) is 0.586. The second-order valence-corrected chi connectivity index (χ2v) is 4.88. The minimum Gasteiger partial charge on any atom is -0.351 e. The van der Waals surface area contributed by atoms with Crippen molar-refractivity contribution in [2.24, 2.45) is 5.73 Å². The molecule has 9 heteroatoms. The zero-order valence-corrected chi connectivity index (χ0v) is 12.3. The molecule has 0 heterocycles. The summed E-state index contributed by atoms with van der Waals surface area (Å²) in [4.78, 5) is 33.2. The van der Waals surface area contributed by atoms with Crippen LogP contribution in [0.4, 0.5) is 21.9 Å². The van der Waals surface area contributed by atoms with Gasteiger partial charge >= 0.3 is 6.03 Å². The van der Waals surface area contributed by atoms with Gasteiger partial charge in [0.15, 0.2) is 0 Å². The Hall–Kier alpha value is -3.13. The summed E-state index contributed by atoms with van der Waals surface area (Å²) < 4.78 is 0. The Bertz CT molecular complexity index is 777. The third-order valence-corrected chi connectivity index (χ3v) is 3.05. The summed E-state index contributed by atoms with van der Waals surface area (Å²) in [5, 5.41) is 16.0. The van der Waals surface area contributed by atoms with Gasteiger partial charge in [0.05, 0.1) is 4.92 Å². The molecular formula is C14H11ClN4O4. The number of nitro groups is 1. The number of rotatable bonds is 4. The van der Waals surface area contributed by atoms with Crippen LogP contribution in [0.5, 0.6) is 0 Å². The predicted molar refractivity (Wildman–Crippen MR) is 85.7 cm³/mol. The van der Waals surface area contributed by atoms with Crippen LogP contribution in [0.1, 0.15) is 10.4 Å². The van der Waals surface area contributed by atoms with E-state index in [-0.39, 0.29) is 16.3 Å². The normalized spacial score (nSPS) is 9.96. The van der Waals surface area contributed by atoms with Crippen LogP contribution in [0.3, 0.4) is 0 Å². The summed E-state index contributed by atoms with van der Waals surface area (Å²) in [5.74, 6) is -0.649. The number of halogens is 1. The van der Waals surface area contributed by atoms with Gasteiger partial charge in [-0.2, -0.15) is 0 Å². The largest absolute Gasteiger partial charge is 0.351 e. The molecule has 2 aromatic carbocycles. The Morgan fingerprint density at radius 2 is 1.61 bits per heavy atom. The zero-order chi connectivity index (χ0) is 17.0. The Balaban J connectivity index is 2.19. The summed E-state index contributed by atoms with van der Waals surface area (Å²) in [6, 6.07) is 9.15. The van der Waals surface area contributed by atoms with E-state index in [2.05, 4.69) is 10.6 Å². The van der Waals surface area contributed by atoms with Crippen LogP contribution in [0, 0.1) is 10.1 Å². The standard InChI is InChI=1S/C14H11ClN4O4/c15-8-1-6-11(12(7-8)19(22)23)13(20)17-9-2-4-10(5-3-9)18-14(16)21/h1-7H,(H,17,20)(H3,16,18,21). The van der Waals surface area contributed by atoms with Gasteiger partial charge in [-0.3, -0.25) is 14.9 Å². The van der Waals surface area contributed by atoms with Gasteiger partial charge in [-0.05, 0) is 36.4 Å². The molecule has 0 radical (unpaired) electrons. The smallest absolute Gasteiger partial charge is 0.316 e. The monoisotopic (exact) mass is 334 g/mol. The molecule has 0 atom stereocenters. The number of benzene rings is 2. The average Bonchev–Trinajstić information content (AvgIpc) is 2.48. The first-order valence-corrected chi connectivity index (χ1v) is 6.66. The van der Waals surface area contributed by atoms with Crippen molar-refractivity contribution in [3.8, 4) is 0 Å². The molecule has 0 saturated heterocycles. The molecule has 0 aliphatic heterocycles. The van der Waals surface area contributed by atoms with Crippen molar-refractivity contribution >= 4 is 40.6 Å². The molecule has 2 aromatic rings. The van der Waals surface area contributed by atoms with Crippen LogP contribution in [-0.4, -0.2) is 16.9 Å². The third kappa shape index (κ3) is 4.17. The number of nitro benzene ring substituents is 1. The van der Waals surface area contributed by atoms with E-state index in [0.717, 1.165) is 6.07 Å². The van der Waals surface area contributed by atoms with E-state index in [1.807, 2.05) is 0 Å². The van der Waals surface area contributed by atoms with Crippen LogP contribution in [0.25, 0.3) is 0 Å². The molecule has 118 valence electrons. The van der Waals surface area contributed by atoms with Crippen molar-refractivity contribution in [3.63, 3.8) is 0 Å². The van der Waals surface area contributed by atoms with Gasteiger partial charge in [0.25, 0.3) is 11.6 Å². The number of hydrogen-bond donors (Lipinski definition) is 3. The van der Waals surface area contributed by atoms with Gasteiger partial charge in [0, 0.05) is 22.5 Å². The van der Waals surface area contributed by atoms with E-state index < -0.39 is 16.9 Å². The summed E-state index contributed by atoms with van der Waals surface area (Å²) >= 11 is 5.70. The number of nitrogens with zero attached hydrogens (tertiary/aromatic N) is 1. The first-order valence-electron chi connectivity index (χ1n) is 6.28. The molecule has 0 aliphatic rings. The number of amides is 3. The topological polar surface area (TPSA) is 127 Å². The fourth-order valence-corrected chi connectivity index (χ4v) is 1.99. The number of hydrogen-bond acceptors (Lipinski definition) is 4. The van der Waals surface area contributed by atoms with Crippen molar-refractivity contribution < 1.29 is 14.5 Å². The van der Waals surface area contributed by atoms with E-state index in [9.17, 15) is 19.7 Å². The third-order valence-electron chi connectivity index (χ3n) is 2.81. The van der Waals surface area contributed by atoms with Crippen molar-refractivity contribution in [2.75, 3.05) is 10.6 Å². The van der Waals surface area contributed by atoms with Gasteiger partial charge < -0.3 is 16.4 Å². The maximum atomic E-state index is 12.2. The lowest BCUT2D eigenvalue weighted by molar-refractivity contribution is -0.385. The first kappa shape index (κ1) is 16.2. The lowest BCUT2D eigenvalue weighted by atomic mass is 10.1. The Kier molecular flexibility index (Phi) is 4.77. The number of nitrogens with one attached hydrogen (secondary N) is 2. The maximum Gasteiger partial charge on any atom is 0.316 e. The van der Waals surface area contributed by atoms with Crippen molar-refractivity contribution in [2.45, 2.75) is 0 Å². The number of anilines is 2. The summed E-state index contributed by atoms with van der Waals surface area (Å²) in [5.41, 5.74) is 5.33. The van der Waals surface area contributed by atoms with E-state index >= 15 is 0 Å². The van der Waals surface area contributed by atoms with Crippen molar-refractivity contribution in [3.05, 3.63) is 63.2 Å². The van der Waals surface area contributed by atoms with Crippen LogP contribution in [-0.2, 0) is 0 Å². The fraction of sp³-hybridized carbons (Fsp3) is 0. The maximum absolute atomic E-state index is 12.2. The summed E-state index contributed by atoms with van der Waals surface area (Å²) in [7, 11) is 0. The van der Waals surface area contributed by atoms with Crippen LogP contribution < -0.4 is 16.4 Å². The Morgan fingerprint density at radius 3 is 2.13 bits per heavy atom. The average molecular weight is 335 g/mol. The summed E-state index contributed by atoms with van der Waals surface area (Å²) in [6.45, 7) is 0. The van der Waals surface area contributed by atoms with Crippen LogP contribution in [0.15, 0.2) is 42.5 Å². The molecule has 8 nitrogen and oxygen atoms in total. The highest BCUT2D eigenvalue weighted by Crippen LogP contribution is 2.24. The molecule has 0 spiro atoms. The van der Waals surface area contributed by atoms with E-state index in [4.69, 9.17) is 17.3 Å². The summed E-state index contributed by atoms with van der Waals surface area (Å²) in [6.07, 6.45) is 0. The van der Waals surface area contributed by atoms with Gasteiger partial charge in [-0.1, -0.05) is 11.6 Å². The number of primary amides is 1. The lowest BCUT2D eigenvalue weighted by Crippen LogP contribution is -2.19. The minimum absolute atomic E-state index is 0.112. The van der Waals surface area contributed by atoms with Crippen LogP contribution in [0.2, 0.25) is 5.02 Å². The fourth-order valence-electron chi connectivity index (χ4n) is 1.83. The molecule has 0 fully saturated rings. The molecule has 3 amide bonds. The van der Waals surface area contributed by atoms with Crippen molar-refractivity contribution in [1.29, 1.82) is 0 Å². The van der Waals surface area contributed by atoms with Crippen LogP contribution >= 0.6 is 11.6 Å². The molecule has 0 aliphatic carbocycles. The number of nitrogens with two attached hydrogens (primary N) is 1. The Labute approximate surface area is 135 Å². The number of urea groups is 1. The predicted octanol–water partition coefficient (Wildman–Crippen LogP) is 2.99. The van der Waals surface area contributed by atoms with E-state index in [0.29, 0.717) is 11.4 Å². The molecule has 2 rings (SSSR count). The second kappa shape index (κ2) is 6.75. The van der Waals surface area contributed by atoms with E-state index in [1.54, 1.807) is 0 Å². The zero-order valence-electron chi connectivity index (χ0n) is 11.6. The molecule has 0 saturated carbocycles. The molecule has 0 aromatic heterocycles. The first-order chi connectivity index (χ1) is 10.9. The number of carbonyl (C=O) groups is 2. The van der Waals surface area contributed by atoms with Gasteiger partial charge in [-0.15, -0.1) is 0 Å². The highest BCUT2D eigenvalue weighted by atomic mass is 35.5. The lowest BCUT2D eigenvalue weighted by Gasteiger charge is -2.07. The van der Waals surface area contributed by atoms with Gasteiger partial charge in [0.1, 0.15) is 5.56 Å². The molecule has 0 bridgehead atoms. The molecule has 23 heavy (non-hydrogen) atoms. The second-order valence-electron chi connectivity index (χ2n) is 4.44. The molecule has 4 N–H and O–H groups in total. The minimum atomic E-state index is -0.710. The highest BCUT2D eigenvalue weighted by Gasteiger charge is 2.20.